The maximum Gasteiger partial charge on any atom is 0.149 e. The first-order chi connectivity index (χ1) is 8.20. The van der Waals surface area contributed by atoms with Gasteiger partial charge in [0.15, 0.2) is 0 Å². The fourth-order valence-corrected chi connectivity index (χ4v) is 2.32. The lowest BCUT2D eigenvalue weighted by atomic mass is 10.1. The van der Waals surface area contributed by atoms with Crippen molar-refractivity contribution in [3.63, 3.8) is 0 Å². The molecule has 2 rings (SSSR count). The molecule has 1 aliphatic rings. The first kappa shape index (κ1) is 12.2. The first-order valence-electron chi connectivity index (χ1n) is 6.38. The second-order valence-electron chi connectivity index (χ2n) is 4.82. The molecule has 0 saturated carbocycles. The molecule has 1 unspecified atom stereocenters. The summed E-state index contributed by atoms with van der Waals surface area (Å²) in [6.07, 6.45) is 3.08. The summed E-state index contributed by atoms with van der Waals surface area (Å²) in [6.45, 7) is 8.76. The molecule has 0 aromatic carbocycles. The van der Waals surface area contributed by atoms with Gasteiger partial charge < -0.3 is 16.0 Å². The summed E-state index contributed by atoms with van der Waals surface area (Å²) >= 11 is 0. The minimum absolute atomic E-state index is 0.719. The molecule has 0 aliphatic carbocycles. The zero-order valence-corrected chi connectivity index (χ0v) is 10.7. The molecule has 0 spiro atoms. The fraction of sp³-hybridized carbons (Fsp3) is 0.615. The number of pyridine rings is 1. The van der Waals surface area contributed by atoms with Crippen LogP contribution in [0.1, 0.15) is 18.9 Å². The van der Waals surface area contributed by atoms with Crippen molar-refractivity contribution in [2.45, 2.75) is 20.3 Å². The van der Waals surface area contributed by atoms with Crippen molar-refractivity contribution in [1.82, 2.24) is 9.88 Å². The standard InChI is InChI=1S/C13H22N4/c1-3-17-7-5-11(9-17)8-16-13-12(14)10(2)4-6-15-13/h4,6,11H,3,5,7-9,14H2,1-2H3,(H,15,16). The van der Waals surface area contributed by atoms with E-state index < -0.39 is 0 Å². The molecule has 1 aromatic heterocycles. The van der Waals surface area contributed by atoms with E-state index in [4.69, 9.17) is 5.73 Å². The number of likely N-dealkylation sites (tertiary alicyclic amines) is 1. The van der Waals surface area contributed by atoms with Gasteiger partial charge in [0.2, 0.25) is 0 Å². The van der Waals surface area contributed by atoms with Crippen LogP contribution in [0.4, 0.5) is 11.5 Å². The third kappa shape index (κ3) is 2.88. The number of aromatic nitrogens is 1. The lowest BCUT2D eigenvalue weighted by molar-refractivity contribution is 0.345. The van der Waals surface area contributed by atoms with Gasteiger partial charge >= 0.3 is 0 Å². The fourth-order valence-electron chi connectivity index (χ4n) is 2.32. The summed E-state index contributed by atoms with van der Waals surface area (Å²) in [5.74, 6) is 1.55. The molecular formula is C13H22N4. The Bertz CT molecular complexity index is 378. The zero-order chi connectivity index (χ0) is 12.3. The van der Waals surface area contributed by atoms with Crippen LogP contribution < -0.4 is 11.1 Å². The van der Waals surface area contributed by atoms with E-state index in [0.717, 1.165) is 36.1 Å². The van der Waals surface area contributed by atoms with Gasteiger partial charge in [-0.25, -0.2) is 4.98 Å². The number of nitrogen functional groups attached to an aromatic ring is 1. The first-order valence-corrected chi connectivity index (χ1v) is 6.38. The van der Waals surface area contributed by atoms with Crippen LogP contribution >= 0.6 is 0 Å². The number of nitrogens with zero attached hydrogens (tertiary/aromatic N) is 2. The number of nitrogens with one attached hydrogen (secondary N) is 1. The van der Waals surface area contributed by atoms with Gasteiger partial charge in [-0.05, 0) is 44.0 Å². The molecule has 3 N–H and O–H groups in total. The van der Waals surface area contributed by atoms with Crippen molar-refractivity contribution in [1.29, 1.82) is 0 Å². The van der Waals surface area contributed by atoms with Crippen LogP contribution in [-0.2, 0) is 0 Å². The van der Waals surface area contributed by atoms with Crippen LogP contribution in [0.15, 0.2) is 12.3 Å². The van der Waals surface area contributed by atoms with E-state index in [0.29, 0.717) is 0 Å². The number of rotatable bonds is 4. The predicted molar refractivity (Wildman–Crippen MR) is 72.1 cm³/mol. The maximum absolute atomic E-state index is 5.99. The molecule has 17 heavy (non-hydrogen) atoms. The Morgan fingerprint density at radius 3 is 3.12 bits per heavy atom. The van der Waals surface area contributed by atoms with E-state index in [2.05, 4.69) is 22.1 Å². The van der Waals surface area contributed by atoms with E-state index in [1.807, 2.05) is 13.0 Å². The molecule has 1 saturated heterocycles. The molecule has 1 atom stereocenters. The Morgan fingerprint density at radius 2 is 2.41 bits per heavy atom. The normalized spacial score (nSPS) is 20.7. The molecule has 1 aromatic rings. The summed E-state index contributed by atoms with van der Waals surface area (Å²) in [5.41, 5.74) is 7.85. The summed E-state index contributed by atoms with van der Waals surface area (Å²) in [4.78, 5) is 6.78. The van der Waals surface area contributed by atoms with Crippen LogP contribution in [0, 0.1) is 12.8 Å². The minimum Gasteiger partial charge on any atom is -0.396 e. The zero-order valence-electron chi connectivity index (χ0n) is 10.7. The molecule has 1 fully saturated rings. The highest BCUT2D eigenvalue weighted by molar-refractivity contribution is 5.64. The Hall–Kier alpha value is -1.29. The average Bonchev–Trinajstić information content (AvgIpc) is 2.79. The Kier molecular flexibility index (Phi) is 3.84. The van der Waals surface area contributed by atoms with Crippen LogP contribution in [0.2, 0.25) is 0 Å². The molecule has 0 amide bonds. The van der Waals surface area contributed by atoms with Gasteiger partial charge in [0.25, 0.3) is 0 Å². The SMILES string of the molecule is CCN1CCC(CNc2nccc(C)c2N)C1. The lowest BCUT2D eigenvalue weighted by Gasteiger charge is -2.15. The minimum atomic E-state index is 0.719. The summed E-state index contributed by atoms with van der Waals surface area (Å²) in [6, 6.07) is 1.94. The predicted octanol–water partition coefficient (Wildman–Crippen LogP) is 1.73. The highest BCUT2D eigenvalue weighted by Gasteiger charge is 2.20. The van der Waals surface area contributed by atoms with Crippen molar-refractivity contribution in [2.24, 2.45) is 5.92 Å². The maximum atomic E-state index is 5.99. The molecule has 4 nitrogen and oxygen atoms in total. The summed E-state index contributed by atoms with van der Waals surface area (Å²) in [5, 5.41) is 3.38. The Morgan fingerprint density at radius 1 is 1.59 bits per heavy atom. The van der Waals surface area contributed by atoms with E-state index >= 15 is 0 Å². The van der Waals surface area contributed by atoms with Crippen molar-refractivity contribution in [3.05, 3.63) is 17.8 Å². The van der Waals surface area contributed by atoms with Gasteiger partial charge in [0.1, 0.15) is 5.82 Å². The van der Waals surface area contributed by atoms with Gasteiger partial charge in [-0.3, -0.25) is 0 Å². The highest BCUT2D eigenvalue weighted by Crippen LogP contribution is 2.21. The largest absolute Gasteiger partial charge is 0.396 e. The lowest BCUT2D eigenvalue weighted by Crippen LogP contribution is -2.22. The quantitative estimate of drug-likeness (QED) is 0.833. The number of aryl methyl sites for hydroxylation is 1. The summed E-state index contributed by atoms with van der Waals surface area (Å²) < 4.78 is 0. The number of nitrogens with two attached hydrogens (primary N) is 1. The van der Waals surface area contributed by atoms with Gasteiger partial charge in [0.05, 0.1) is 5.69 Å². The van der Waals surface area contributed by atoms with Crippen molar-refractivity contribution >= 4 is 11.5 Å². The molecule has 2 heterocycles. The van der Waals surface area contributed by atoms with Crippen LogP contribution in [0.5, 0.6) is 0 Å². The van der Waals surface area contributed by atoms with Crippen LogP contribution in [0.25, 0.3) is 0 Å². The Labute approximate surface area is 103 Å². The molecule has 94 valence electrons. The second kappa shape index (κ2) is 5.36. The smallest absolute Gasteiger partial charge is 0.149 e. The van der Waals surface area contributed by atoms with Crippen LogP contribution in [-0.4, -0.2) is 36.1 Å². The van der Waals surface area contributed by atoms with Crippen molar-refractivity contribution < 1.29 is 0 Å². The molecule has 1 aliphatic heterocycles. The van der Waals surface area contributed by atoms with Gasteiger partial charge in [-0.15, -0.1) is 0 Å². The average molecular weight is 234 g/mol. The molecule has 0 bridgehead atoms. The number of hydrogen-bond acceptors (Lipinski definition) is 4. The van der Waals surface area contributed by atoms with E-state index in [9.17, 15) is 0 Å². The van der Waals surface area contributed by atoms with Gasteiger partial charge in [0, 0.05) is 19.3 Å². The number of anilines is 2. The number of hydrogen-bond donors (Lipinski definition) is 2. The van der Waals surface area contributed by atoms with Gasteiger partial charge in [-0.1, -0.05) is 6.92 Å². The van der Waals surface area contributed by atoms with Crippen molar-refractivity contribution in [3.8, 4) is 0 Å². The molecule has 0 radical (unpaired) electrons. The summed E-state index contributed by atoms with van der Waals surface area (Å²) in [7, 11) is 0. The highest BCUT2D eigenvalue weighted by atomic mass is 15.1. The monoisotopic (exact) mass is 234 g/mol. The van der Waals surface area contributed by atoms with Crippen LogP contribution in [0.3, 0.4) is 0 Å². The second-order valence-corrected chi connectivity index (χ2v) is 4.82. The molecular weight excluding hydrogens is 212 g/mol. The van der Waals surface area contributed by atoms with E-state index in [-0.39, 0.29) is 0 Å². The van der Waals surface area contributed by atoms with Gasteiger partial charge in [-0.2, -0.15) is 0 Å². The van der Waals surface area contributed by atoms with Crippen molar-refractivity contribution in [2.75, 3.05) is 37.2 Å². The topological polar surface area (TPSA) is 54.2 Å². The Balaban J connectivity index is 1.88. The third-order valence-electron chi connectivity index (χ3n) is 3.58. The van der Waals surface area contributed by atoms with E-state index in [1.165, 1.54) is 19.5 Å². The van der Waals surface area contributed by atoms with E-state index in [1.54, 1.807) is 6.20 Å². The molecule has 4 heteroatoms. The third-order valence-corrected chi connectivity index (χ3v) is 3.58.